The standard InChI is InChI=1S/C15H11BrClN3/c16-14-12(17)7-4-8-13(14)19-15-18-9-10-20(15)11-5-2-1-3-6-11/h1-10H,(H,18,19). The van der Waals surface area contributed by atoms with E-state index in [0.717, 1.165) is 21.8 Å². The van der Waals surface area contributed by atoms with Gasteiger partial charge in [-0.2, -0.15) is 0 Å². The van der Waals surface area contributed by atoms with Gasteiger partial charge in [0.25, 0.3) is 0 Å². The number of hydrogen-bond acceptors (Lipinski definition) is 2. The molecular weight excluding hydrogens is 338 g/mol. The van der Waals surface area contributed by atoms with Gasteiger partial charge < -0.3 is 5.32 Å². The molecule has 0 atom stereocenters. The van der Waals surface area contributed by atoms with E-state index in [9.17, 15) is 0 Å². The van der Waals surface area contributed by atoms with Crippen LogP contribution in [0.4, 0.5) is 11.6 Å². The summed E-state index contributed by atoms with van der Waals surface area (Å²) in [5.74, 6) is 0.735. The fourth-order valence-electron chi connectivity index (χ4n) is 1.91. The van der Waals surface area contributed by atoms with Gasteiger partial charge in [-0.15, -0.1) is 0 Å². The first-order valence-corrected chi connectivity index (χ1v) is 7.22. The maximum atomic E-state index is 6.10. The Balaban J connectivity index is 1.97. The lowest BCUT2D eigenvalue weighted by molar-refractivity contribution is 1.06. The largest absolute Gasteiger partial charge is 0.324 e. The lowest BCUT2D eigenvalue weighted by Crippen LogP contribution is -2.01. The minimum absolute atomic E-state index is 0.660. The van der Waals surface area contributed by atoms with Crippen LogP contribution in [0.5, 0.6) is 0 Å². The molecule has 1 aromatic heterocycles. The van der Waals surface area contributed by atoms with Gasteiger partial charge >= 0.3 is 0 Å². The first-order valence-electron chi connectivity index (χ1n) is 6.05. The van der Waals surface area contributed by atoms with Gasteiger partial charge in [-0.1, -0.05) is 35.9 Å². The molecule has 0 saturated carbocycles. The second kappa shape index (κ2) is 5.69. The lowest BCUT2D eigenvalue weighted by atomic mass is 10.3. The molecule has 5 heteroatoms. The van der Waals surface area contributed by atoms with Gasteiger partial charge in [-0.3, -0.25) is 4.57 Å². The quantitative estimate of drug-likeness (QED) is 0.719. The molecule has 3 rings (SSSR count). The van der Waals surface area contributed by atoms with Crippen molar-refractivity contribution in [2.24, 2.45) is 0 Å². The van der Waals surface area contributed by atoms with E-state index in [0.29, 0.717) is 5.02 Å². The molecule has 0 fully saturated rings. The number of hydrogen-bond donors (Lipinski definition) is 1. The van der Waals surface area contributed by atoms with Crippen molar-refractivity contribution in [3.63, 3.8) is 0 Å². The monoisotopic (exact) mass is 347 g/mol. The highest BCUT2D eigenvalue weighted by atomic mass is 79.9. The third-order valence-electron chi connectivity index (χ3n) is 2.87. The zero-order valence-electron chi connectivity index (χ0n) is 10.4. The van der Waals surface area contributed by atoms with E-state index in [-0.39, 0.29) is 0 Å². The van der Waals surface area contributed by atoms with Crippen LogP contribution in [0.3, 0.4) is 0 Å². The van der Waals surface area contributed by atoms with Crippen molar-refractivity contribution in [1.82, 2.24) is 9.55 Å². The summed E-state index contributed by atoms with van der Waals surface area (Å²) in [6.07, 6.45) is 3.67. The van der Waals surface area contributed by atoms with E-state index < -0.39 is 0 Å². The summed E-state index contributed by atoms with van der Waals surface area (Å²) in [6.45, 7) is 0. The Morgan fingerprint density at radius 2 is 1.85 bits per heavy atom. The normalized spacial score (nSPS) is 10.5. The van der Waals surface area contributed by atoms with Crippen molar-refractivity contribution in [2.45, 2.75) is 0 Å². The summed E-state index contributed by atoms with van der Waals surface area (Å²) in [5.41, 5.74) is 1.92. The highest BCUT2D eigenvalue weighted by Crippen LogP contribution is 2.32. The number of imidazole rings is 1. The van der Waals surface area contributed by atoms with Crippen molar-refractivity contribution in [3.8, 4) is 5.69 Å². The van der Waals surface area contributed by atoms with Gasteiger partial charge in [0.2, 0.25) is 5.95 Å². The van der Waals surface area contributed by atoms with Crippen molar-refractivity contribution in [3.05, 3.63) is 70.4 Å². The molecule has 100 valence electrons. The van der Waals surface area contributed by atoms with Gasteiger partial charge in [0.05, 0.1) is 15.2 Å². The molecule has 0 saturated heterocycles. The van der Waals surface area contributed by atoms with Gasteiger partial charge in [0, 0.05) is 18.1 Å². The molecule has 0 aliphatic carbocycles. The van der Waals surface area contributed by atoms with E-state index in [1.165, 1.54) is 0 Å². The molecule has 2 aromatic carbocycles. The highest BCUT2D eigenvalue weighted by Gasteiger charge is 2.08. The Morgan fingerprint density at radius 1 is 1.05 bits per heavy atom. The Hall–Kier alpha value is -1.78. The predicted octanol–water partition coefficient (Wildman–Crippen LogP) is 5.03. The smallest absolute Gasteiger partial charge is 0.212 e. The number of para-hydroxylation sites is 1. The number of benzene rings is 2. The maximum absolute atomic E-state index is 6.10. The van der Waals surface area contributed by atoms with Crippen LogP contribution in [-0.4, -0.2) is 9.55 Å². The number of nitrogens with one attached hydrogen (secondary N) is 1. The van der Waals surface area contributed by atoms with Crippen molar-refractivity contribution in [2.75, 3.05) is 5.32 Å². The summed E-state index contributed by atoms with van der Waals surface area (Å²) in [5, 5.41) is 3.94. The molecule has 0 radical (unpaired) electrons. The molecule has 0 unspecified atom stereocenters. The van der Waals surface area contributed by atoms with E-state index in [2.05, 4.69) is 26.2 Å². The highest BCUT2D eigenvalue weighted by molar-refractivity contribution is 9.10. The molecule has 0 amide bonds. The van der Waals surface area contributed by atoms with Gasteiger partial charge in [-0.25, -0.2) is 4.98 Å². The summed E-state index contributed by atoms with van der Waals surface area (Å²) < 4.78 is 2.80. The number of rotatable bonds is 3. The van der Waals surface area contributed by atoms with Crippen LogP contribution in [0.2, 0.25) is 5.02 Å². The topological polar surface area (TPSA) is 29.9 Å². The number of aromatic nitrogens is 2. The minimum Gasteiger partial charge on any atom is -0.324 e. The van der Waals surface area contributed by atoms with Crippen LogP contribution < -0.4 is 5.32 Å². The van der Waals surface area contributed by atoms with Gasteiger partial charge in [0.15, 0.2) is 0 Å². The molecule has 1 heterocycles. The Kier molecular flexibility index (Phi) is 3.76. The Bertz CT molecular complexity index is 725. The van der Waals surface area contributed by atoms with Crippen LogP contribution in [0.1, 0.15) is 0 Å². The first-order chi connectivity index (χ1) is 9.75. The summed E-state index contributed by atoms with van der Waals surface area (Å²) >= 11 is 9.57. The van der Waals surface area contributed by atoms with Crippen molar-refractivity contribution < 1.29 is 0 Å². The fourth-order valence-corrected chi connectivity index (χ4v) is 2.45. The number of halogens is 2. The van der Waals surface area contributed by atoms with E-state index in [1.807, 2.05) is 59.3 Å². The number of anilines is 2. The van der Waals surface area contributed by atoms with Crippen LogP contribution in [0, 0.1) is 0 Å². The van der Waals surface area contributed by atoms with Crippen LogP contribution >= 0.6 is 27.5 Å². The van der Waals surface area contributed by atoms with E-state index in [4.69, 9.17) is 11.6 Å². The van der Waals surface area contributed by atoms with Gasteiger partial charge in [0.1, 0.15) is 0 Å². The average molecular weight is 349 g/mol. The predicted molar refractivity (Wildman–Crippen MR) is 86.0 cm³/mol. The van der Waals surface area contributed by atoms with E-state index >= 15 is 0 Å². The second-order valence-electron chi connectivity index (χ2n) is 4.18. The maximum Gasteiger partial charge on any atom is 0.212 e. The molecule has 0 aliphatic heterocycles. The molecule has 3 aromatic rings. The average Bonchev–Trinajstić information content (AvgIpc) is 2.93. The van der Waals surface area contributed by atoms with Crippen LogP contribution in [-0.2, 0) is 0 Å². The van der Waals surface area contributed by atoms with Crippen molar-refractivity contribution >= 4 is 39.2 Å². The lowest BCUT2D eigenvalue weighted by Gasteiger charge is -2.11. The molecule has 0 spiro atoms. The fraction of sp³-hybridized carbons (Fsp3) is 0. The molecular formula is C15H11BrClN3. The Labute approximate surface area is 130 Å². The molecule has 0 aliphatic rings. The zero-order valence-corrected chi connectivity index (χ0v) is 12.8. The molecule has 3 nitrogen and oxygen atoms in total. The summed E-state index contributed by atoms with van der Waals surface area (Å²) in [4.78, 5) is 4.35. The number of nitrogens with zero attached hydrogens (tertiary/aromatic N) is 2. The first kappa shape index (κ1) is 13.2. The zero-order chi connectivity index (χ0) is 13.9. The third-order valence-corrected chi connectivity index (χ3v) is 4.27. The Morgan fingerprint density at radius 3 is 2.65 bits per heavy atom. The molecule has 20 heavy (non-hydrogen) atoms. The SMILES string of the molecule is Clc1cccc(Nc2nccn2-c2ccccc2)c1Br. The van der Waals surface area contributed by atoms with Gasteiger partial charge in [-0.05, 0) is 40.2 Å². The van der Waals surface area contributed by atoms with Crippen LogP contribution in [0.25, 0.3) is 5.69 Å². The minimum atomic E-state index is 0.660. The third kappa shape index (κ3) is 2.57. The van der Waals surface area contributed by atoms with E-state index in [1.54, 1.807) is 6.20 Å². The van der Waals surface area contributed by atoms with Crippen LogP contribution in [0.15, 0.2) is 65.4 Å². The van der Waals surface area contributed by atoms with Crippen molar-refractivity contribution in [1.29, 1.82) is 0 Å². The summed E-state index contributed by atoms with van der Waals surface area (Å²) in [7, 11) is 0. The summed E-state index contributed by atoms with van der Waals surface area (Å²) in [6, 6.07) is 15.7. The molecule has 0 bridgehead atoms. The molecule has 1 N–H and O–H groups in total. The second-order valence-corrected chi connectivity index (χ2v) is 5.38.